The van der Waals surface area contributed by atoms with Crippen molar-refractivity contribution < 1.29 is 36.6 Å². The predicted molar refractivity (Wildman–Crippen MR) is 147 cm³/mol. The highest BCUT2D eigenvalue weighted by Gasteiger charge is 2.28. The van der Waals surface area contributed by atoms with Gasteiger partial charge in [0.25, 0.3) is 5.91 Å². The molecule has 220 valence electrons. The highest BCUT2D eigenvalue weighted by atomic mass is 32.2. The Hall–Kier alpha value is -3.06. The fourth-order valence-corrected chi connectivity index (χ4v) is 5.40. The number of ether oxygens (including phenoxy) is 3. The third-order valence-corrected chi connectivity index (χ3v) is 8.21. The molecule has 1 N–H and O–H groups in total. The number of sulfonamides is 1. The fourth-order valence-electron chi connectivity index (χ4n) is 3.99. The van der Waals surface area contributed by atoms with Crippen molar-refractivity contribution in [3.8, 4) is 5.75 Å². The van der Waals surface area contributed by atoms with Gasteiger partial charge in [-0.25, -0.2) is 12.8 Å². The van der Waals surface area contributed by atoms with Crippen LogP contribution in [0, 0.1) is 5.82 Å². The zero-order chi connectivity index (χ0) is 29.1. The van der Waals surface area contributed by atoms with Crippen LogP contribution in [-0.4, -0.2) is 87.6 Å². The van der Waals surface area contributed by atoms with E-state index in [1.165, 1.54) is 45.6 Å². The van der Waals surface area contributed by atoms with Crippen molar-refractivity contribution in [2.24, 2.45) is 0 Å². The lowest BCUT2D eigenvalue weighted by atomic mass is 10.1. The Kier molecular flexibility index (Phi) is 11.9. The van der Waals surface area contributed by atoms with Crippen molar-refractivity contribution in [2.45, 2.75) is 50.8 Å². The van der Waals surface area contributed by atoms with Crippen molar-refractivity contribution in [1.82, 2.24) is 14.5 Å². The molecule has 0 unspecified atom stereocenters. The van der Waals surface area contributed by atoms with Crippen LogP contribution < -0.4 is 10.1 Å². The normalized spacial score (nSPS) is 15.0. The number of amides is 2. The van der Waals surface area contributed by atoms with Gasteiger partial charge in [-0.3, -0.25) is 9.59 Å². The maximum atomic E-state index is 13.4. The summed E-state index contributed by atoms with van der Waals surface area (Å²) in [5, 5.41) is 2.83. The molecule has 2 amide bonds. The molecule has 1 saturated heterocycles. The average molecular weight is 580 g/mol. The van der Waals surface area contributed by atoms with Gasteiger partial charge < -0.3 is 24.4 Å². The molecule has 0 aromatic heterocycles. The molecule has 3 rings (SSSR count). The van der Waals surface area contributed by atoms with Crippen LogP contribution >= 0.6 is 0 Å². The maximum Gasteiger partial charge on any atom is 0.261 e. The first-order chi connectivity index (χ1) is 19.1. The van der Waals surface area contributed by atoms with Crippen LogP contribution in [0.1, 0.15) is 32.8 Å². The van der Waals surface area contributed by atoms with E-state index in [1.54, 1.807) is 19.1 Å². The van der Waals surface area contributed by atoms with Gasteiger partial charge in [0.1, 0.15) is 17.6 Å². The summed E-state index contributed by atoms with van der Waals surface area (Å²) in [7, 11) is -3.65. The smallest absolute Gasteiger partial charge is 0.261 e. The molecule has 1 heterocycles. The fraction of sp³-hybridized carbons (Fsp3) is 0.500. The molecule has 2 aromatic rings. The van der Waals surface area contributed by atoms with Crippen LogP contribution in [0.3, 0.4) is 0 Å². The lowest BCUT2D eigenvalue weighted by Gasteiger charge is -2.29. The van der Waals surface area contributed by atoms with Gasteiger partial charge in [-0.15, -0.1) is 0 Å². The number of rotatable bonds is 14. The second kappa shape index (κ2) is 15.1. The summed E-state index contributed by atoms with van der Waals surface area (Å²) in [6.45, 7) is 7.35. The minimum atomic E-state index is -3.65. The molecule has 10 nitrogen and oxygen atoms in total. The van der Waals surface area contributed by atoms with E-state index in [2.05, 4.69) is 5.32 Å². The van der Waals surface area contributed by atoms with Crippen LogP contribution in [0.5, 0.6) is 5.75 Å². The van der Waals surface area contributed by atoms with Gasteiger partial charge in [0.2, 0.25) is 15.9 Å². The molecule has 0 bridgehead atoms. The van der Waals surface area contributed by atoms with Gasteiger partial charge >= 0.3 is 0 Å². The Morgan fingerprint density at radius 2 is 1.70 bits per heavy atom. The molecule has 12 heteroatoms. The number of morpholine rings is 1. The van der Waals surface area contributed by atoms with Crippen molar-refractivity contribution in [3.05, 3.63) is 59.9 Å². The molecule has 0 radical (unpaired) electrons. The third-order valence-electron chi connectivity index (χ3n) is 6.30. The summed E-state index contributed by atoms with van der Waals surface area (Å²) in [6, 6.07) is 10.7. The Balaban J connectivity index is 1.63. The summed E-state index contributed by atoms with van der Waals surface area (Å²) >= 11 is 0. The lowest BCUT2D eigenvalue weighted by Crippen LogP contribution is -2.49. The highest BCUT2D eigenvalue weighted by molar-refractivity contribution is 7.89. The van der Waals surface area contributed by atoms with Gasteiger partial charge in [-0.2, -0.15) is 4.31 Å². The molecular weight excluding hydrogens is 541 g/mol. The zero-order valence-electron chi connectivity index (χ0n) is 23.2. The Morgan fingerprint density at radius 1 is 1.05 bits per heavy atom. The average Bonchev–Trinajstić information content (AvgIpc) is 2.95. The number of nitrogens with one attached hydrogen (secondary N) is 1. The molecule has 0 spiro atoms. The second-order valence-electron chi connectivity index (χ2n) is 9.66. The van der Waals surface area contributed by atoms with Gasteiger partial charge in [-0.05, 0) is 69.2 Å². The Bertz CT molecular complexity index is 1200. The van der Waals surface area contributed by atoms with E-state index in [0.717, 1.165) is 0 Å². The van der Waals surface area contributed by atoms with E-state index in [-0.39, 0.29) is 43.1 Å². The molecule has 1 atom stereocenters. The molecule has 0 aliphatic carbocycles. The predicted octanol–water partition coefficient (Wildman–Crippen LogP) is 2.57. The summed E-state index contributed by atoms with van der Waals surface area (Å²) in [5.41, 5.74) is 0.650. The minimum absolute atomic E-state index is 0.0737. The highest BCUT2D eigenvalue weighted by Crippen LogP contribution is 2.21. The van der Waals surface area contributed by atoms with E-state index in [4.69, 9.17) is 14.2 Å². The first kappa shape index (κ1) is 31.5. The van der Waals surface area contributed by atoms with Crippen molar-refractivity contribution in [3.63, 3.8) is 0 Å². The molecule has 40 heavy (non-hydrogen) atoms. The zero-order valence-corrected chi connectivity index (χ0v) is 24.0. The van der Waals surface area contributed by atoms with Gasteiger partial charge in [0.15, 0.2) is 6.61 Å². The monoisotopic (exact) mass is 579 g/mol. The topological polar surface area (TPSA) is 114 Å². The first-order valence-corrected chi connectivity index (χ1v) is 14.8. The first-order valence-electron chi connectivity index (χ1n) is 13.3. The van der Waals surface area contributed by atoms with E-state index >= 15 is 0 Å². The van der Waals surface area contributed by atoms with Crippen molar-refractivity contribution in [2.75, 3.05) is 46.1 Å². The van der Waals surface area contributed by atoms with Crippen molar-refractivity contribution in [1.29, 1.82) is 0 Å². The van der Waals surface area contributed by atoms with Gasteiger partial charge in [-0.1, -0.05) is 12.1 Å². The maximum absolute atomic E-state index is 13.4. The van der Waals surface area contributed by atoms with Crippen LogP contribution in [0.25, 0.3) is 0 Å². The number of nitrogens with zero attached hydrogens (tertiary/aromatic N) is 2. The summed E-state index contributed by atoms with van der Waals surface area (Å²) in [5.74, 6) is -0.894. The SMILES string of the molecule is CC(C)OCCCNC(=O)[C@@H](C)N(Cc1ccc(F)cc1)C(=O)COc1ccc(S(=O)(=O)N2CCOCC2)cc1. The lowest BCUT2D eigenvalue weighted by molar-refractivity contribution is -0.142. The van der Waals surface area contributed by atoms with Crippen LogP contribution in [0.4, 0.5) is 4.39 Å². The number of benzene rings is 2. The third kappa shape index (κ3) is 9.26. The van der Waals surface area contributed by atoms with Crippen LogP contribution in [0.15, 0.2) is 53.4 Å². The van der Waals surface area contributed by atoms with E-state index in [1.807, 2.05) is 13.8 Å². The molecular formula is C28H38FN3O7S. The van der Waals surface area contributed by atoms with Crippen molar-refractivity contribution >= 4 is 21.8 Å². The van der Waals surface area contributed by atoms with Crippen LogP contribution in [0.2, 0.25) is 0 Å². The molecule has 1 fully saturated rings. The van der Waals surface area contributed by atoms with E-state index < -0.39 is 27.8 Å². The quantitative estimate of drug-likeness (QED) is 0.342. The van der Waals surface area contributed by atoms with E-state index in [0.29, 0.717) is 44.1 Å². The molecule has 1 aliphatic heterocycles. The molecule has 0 saturated carbocycles. The largest absolute Gasteiger partial charge is 0.484 e. The van der Waals surface area contributed by atoms with Crippen LogP contribution in [-0.2, 0) is 35.6 Å². The second-order valence-corrected chi connectivity index (χ2v) is 11.6. The summed E-state index contributed by atoms with van der Waals surface area (Å²) < 4.78 is 56.8. The standard InChI is InChI=1S/C28H38FN3O7S/c1-21(2)38-16-4-13-30-28(34)22(3)32(19-23-5-7-24(29)8-6-23)27(33)20-39-25-9-11-26(12-10-25)40(35,36)31-14-17-37-18-15-31/h5-12,21-22H,4,13-20H2,1-3H3,(H,30,34)/t22-/m1/s1. The number of halogens is 1. The number of carbonyl (C=O) groups excluding carboxylic acids is 2. The summed E-state index contributed by atoms with van der Waals surface area (Å²) in [4.78, 5) is 27.6. The van der Waals surface area contributed by atoms with Gasteiger partial charge in [0.05, 0.1) is 24.2 Å². The Labute approximate surface area is 235 Å². The minimum Gasteiger partial charge on any atom is -0.484 e. The summed E-state index contributed by atoms with van der Waals surface area (Å²) in [6.07, 6.45) is 0.729. The Morgan fingerprint density at radius 3 is 2.33 bits per heavy atom. The molecule has 1 aliphatic rings. The molecule has 2 aromatic carbocycles. The van der Waals surface area contributed by atoms with Gasteiger partial charge in [0, 0.05) is 32.8 Å². The number of hydrogen-bond donors (Lipinski definition) is 1. The number of carbonyl (C=O) groups is 2. The van der Waals surface area contributed by atoms with E-state index in [9.17, 15) is 22.4 Å². The number of hydrogen-bond acceptors (Lipinski definition) is 7.